The number of piperidine rings is 1. The molecule has 2 N–H and O–H groups in total. The third-order valence-electron chi connectivity index (χ3n) is 4.63. The first-order chi connectivity index (χ1) is 12.7. The zero-order chi connectivity index (χ0) is 19.9. The standard InChI is InChI=1S/C21H31N3O3/c1-21(2,3)23-18(25)15-22-20(27)17-11-13-24(14-12-17)19(26)10-9-16-7-5-4-6-8-16/h4-8,17H,9-15H2,1-3H3,(H,22,27)(H,23,25). The molecule has 0 bridgehead atoms. The van der Waals surface area contributed by atoms with Gasteiger partial charge in [0.2, 0.25) is 17.7 Å². The van der Waals surface area contributed by atoms with Crippen molar-refractivity contribution in [3.05, 3.63) is 35.9 Å². The van der Waals surface area contributed by atoms with Gasteiger partial charge in [-0.2, -0.15) is 0 Å². The Morgan fingerprint density at radius 1 is 1.07 bits per heavy atom. The number of amides is 3. The smallest absolute Gasteiger partial charge is 0.239 e. The Morgan fingerprint density at radius 3 is 2.30 bits per heavy atom. The summed E-state index contributed by atoms with van der Waals surface area (Å²) in [5.41, 5.74) is 0.849. The third kappa shape index (κ3) is 7.41. The van der Waals surface area contributed by atoms with Gasteiger partial charge in [0, 0.05) is 31.0 Å². The maximum absolute atomic E-state index is 12.4. The van der Waals surface area contributed by atoms with Crippen LogP contribution in [0, 0.1) is 5.92 Å². The lowest BCUT2D eigenvalue weighted by molar-refractivity contribution is -0.135. The molecular weight excluding hydrogens is 342 g/mol. The van der Waals surface area contributed by atoms with Crippen LogP contribution in [0.25, 0.3) is 0 Å². The molecule has 0 aromatic heterocycles. The predicted octanol–water partition coefficient (Wildman–Crippen LogP) is 1.89. The summed E-state index contributed by atoms with van der Waals surface area (Å²) in [4.78, 5) is 38.3. The van der Waals surface area contributed by atoms with Crippen LogP contribution in [0.2, 0.25) is 0 Å². The highest BCUT2D eigenvalue weighted by Crippen LogP contribution is 2.18. The van der Waals surface area contributed by atoms with E-state index in [4.69, 9.17) is 0 Å². The fraction of sp³-hybridized carbons (Fsp3) is 0.571. The third-order valence-corrected chi connectivity index (χ3v) is 4.63. The first-order valence-corrected chi connectivity index (χ1v) is 9.65. The molecule has 2 rings (SSSR count). The zero-order valence-electron chi connectivity index (χ0n) is 16.6. The lowest BCUT2D eigenvalue weighted by Crippen LogP contribution is -2.48. The van der Waals surface area contributed by atoms with Gasteiger partial charge in [-0.25, -0.2) is 0 Å². The number of aryl methyl sites for hydroxylation is 1. The van der Waals surface area contributed by atoms with Gasteiger partial charge in [-0.05, 0) is 45.6 Å². The molecule has 1 aromatic carbocycles. The van der Waals surface area contributed by atoms with Gasteiger partial charge in [-0.15, -0.1) is 0 Å². The summed E-state index contributed by atoms with van der Waals surface area (Å²) in [5.74, 6) is -0.285. The molecule has 6 heteroatoms. The van der Waals surface area contributed by atoms with Crippen molar-refractivity contribution < 1.29 is 14.4 Å². The second-order valence-electron chi connectivity index (χ2n) is 8.16. The minimum atomic E-state index is -0.312. The minimum Gasteiger partial charge on any atom is -0.350 e. The average molecular weight is 373 g/mol. The van der Waals surface area contributed by atoms with E-state index in [-0.39, 0.29) is 35.7 Å². The van der Waals surface area contributed by atoms with Crippen LogP contribution in [0.4, 0.5) is 0 Å². The van der Waals surface area contributed by atoms with E-state index in [0.717, 1.165) is 12.0 Å². The second-order valence-corrected chi connectivity index (χ2v) is 8.16. The Morgan fingerprint density at radius 2 is 1.70 bits per heavy atom. The van der Waals surface area contributed by atoms with Crippen molar-refractivity contribution in [1.82, 2.24) is 15.5 Å². The van der Waals surface area contributed by atoms with Crippen LogP contribution in [0.1, 0.15) is 45.6 Å². The van der Waals surface area contributed by atoms with Crippen molar-refractivity contribution >= 4 is 17.7 Å². The van der Waals surface area contributed by atoms with Crippen LogP contribution in [0.5, 0.6) is 0 Å². The molecule has 1 aliphatic heterocycles. The van der Waals surface area contributed by atoms with Crippen LogP contribution in [-0.4, -0.2) is 47.8 Å². The Hall–Kier alpha value is -2.37. The number of hydrogen-bond donors (Lipinski definition) is 2. The maximum atomic E-state index is 12.4. The molecule has 0 saturated carbocycles. The van der Waals surface area contributed by atoms with Gasteiger partial charge in [0.05, 0.1) is 6.54 Å². The zero-order valence-corrected chi connectivity index (χ0v) is 16.6. The molecule has 1 saturated heterocycles. The van der Waals surface area contributed by atoms with E-state index in [9.17, 15) is 14.4 Å². The number of likely N-dealkylation sites (tertiary alicyclic amines) is 1. The number of rotatable bonds is 6. The van der Waals surface area contributed by atoms with E-state index in [2.05, 4.69) is 10.6 Å². The second kappa shape index (κ2) is 9.53. The Bertz CT molecular complexity index is 644. The molecule has 0 spiro atoms. The van der Waals surface area contributed by atoms with E-state index < -0.39 is 0 Å². The van der Waals surface area contributed by atoms with Crippen LogP contribution in [-0.2, 0) is 20.8 Å². The van der Waals surface area contributed by atoms with Crippen LogP contribution in [0.3, 0.4) is 0 Å². The summed E-state index contributed by atoms with van der Waals surface area (Å²) in [6.45, 7) is 6.89. The summed E-state index contributed by atoms with van der Waals surface area (Å²) in [5, 5.41) is 5.53. The topological polar surface area (TPSA) is 78.5 Å². The molecule has 3 amide bonds. The fourth-order valence-electron chi connectivity index (χ4n) is 3.22. The highest BCUT2D eigenvalue weighted by molar-refractivity contribution is 5.86. The van der Waals surface area contributed by atoms with Crippen molar-refractivity contribution in [2.24, 2.45) is 5.92 Å². The van der Waals surface area contributed by atoms with E-state index in [1.54, 1.807) is 0 Å². The van der Waals surface area contributed by atoms with Crippen molar-refractivity contribution in [3.63, 3.8) is 0 Å². The summed E-state index contributed by atoms with van der Waals surface area (Å²) < 4.78 is 0. The molecule has 27 heavy (non-hydrogen) atoms. The Kier molecular flexibility index (Phi) is 7.39. The summed E-state index contributed by atoms with van der Waals surface area (Å²) in [6, 6.07) is 9.98. The molecule has 0 unspecified atom stereocenters. The lowest BCUT2D eigenvalue weighted by Gasteiger charge is -2.31. The molecule has 1 fully saturated rings. The average Bonchev–Trinajstić information content (AvgIpc) is 2.64. The largest absolute Gasteiger partial charge is 0.350 e. The molecule has 0 radical (unpaired) electrons. The van der Waals surface area contributed by atoms with Crippen LogP contribution >= 0.6 is 0 Å². The molecule has 0 atom stereocenters. The Labute approximate surface area is 161 Å². The van der Waals surface area contributed by atoms with Gasteiger partial charge in [0.15, 0.2) is 0 Å². The molecule has 148 valence electrons. The summed E-state index contributed by atoms with van der Waals surface area (Å²) in [7, 11) is 0. The first-order valence-electron chi connectivity index (χ1n) is 9.65. The van der Waals surface area contributed by atoms with Crippen molar-refractivity contribution in [2.75, 3.05) is 19.6 Å². The fourth-order valence-corrected chi connectivity index (χ4v) is 3.22. The van der Waals surface area contributed by atoms with Gasteiger partial charge in [-0.3, -0.25) is 14.4 Å². The Balaban J connectivity index is 1.68. The highest BCUT2D eigenvalue weighted by atomic mass is 16.2. The number of benzene rings is 1. The van der Waals surface area contributed by atoms with E-state index >= 15 is 0 Å². The number of hydrogen-bond acceptors (Lipinski definition) is 3. The van der Waals surface area contributed by atoms with Gasteiger partial charge in [-0.1, -0.05) is 30.3 Å². The van der Waals surface area contributed by atoms with Crippen molar-refractivity contribution in [3.8, 4) is 0 Å². The van der Waals surface area contributed by atoms with Crippen molar-refractivity contribution in [2.45, 2.75) is 52.0 Å². The number of nitrogens with one attached hydrogen (secondary N) is 2. The quantitative estimate of drug-likeness (QED) is 0.799. The predicted molar refractivity (Wildman–Crippen MR) is 105 cm³/mol. The van der Waals surface area contributed by atoms with Gasteiger partial charge in [0.25, 0.3) is 0 Å². The SMILES string of the molecule is CC(C)(C)NC(=O)CNC(=O)C1CCN(C(=O)CCc2ccccc2)CC1. The molecule has 1 heterocycles. The molecule has 1 aromatic rings. The van der Waals surface area contributed by atoms with E-state index in [1.165, 1.54) is 0 Å². The molecule has 6 nitrogen and oxygen atoms in total. The van der Waals surface area contributed by atoms with E-state index in [1.807, 2.05) is 56.0 Å². The molecular formula is C21H31N3O3. The van der Waals surface area contributed by atoms with Crippen molar-refractivity contribution in [1.29, 1.82) is 0 Å². The van der Waals surface area contributed by atoms with Gasteiger partial charge in [0.1, 0.15) is 0 Å². The van der Waals surface area contributed by atoms with Gasteiger partial charge >= 0.3 is 0 Å². The first kappa shape index (κ1) is 20.9. The lowest BCUT2D eigenvalue weighted by atomic mass is 9.95. The normalized spacial score (nSPS) is 15.3. The highest BCUT2D eigenvalue weighted by Gasteiger charge is 2.27. The number of nitrogens with zero attached hydrogens (tertiary/aromatic N) is 1. The molecule has 0 aliphatic carbocycles. The number of carbonyl (C=O) groups excluding carboxylic acids is 3. The number of carbonyl (C=O) groups is 3. The van der Waals surface area contributed by atoms with Crippen LogP contribution < -0.4 is 10.6 Å². The molecule has 1 aliphatic rings. The van der Waals surface area contributed by atoms with E-state index in [0.29, 0.717) is 32.4 Å². The van der Waals surface area contributed by atoms with Gasteiger partial charge < -0.3 is 15.5 Å². The summed E-state index contributed by atoms with van der Waals surface area (Å²) >= 11 is 0. The van der Waals surface area contributed by atoms with Crippen LogP contribution in [0.15, 0.2) is 30.3 Å². The summed E-state index contributed by atoms with van der Waals surface area (Å²) in [6.07, 6.45) is 2.52. The monoisotopic (exact) mass is 373 g/mol. The maximum Gasteiger partial charge on any atom is 0.239 e. The minimum absolute atomic E-state index is 0.00762.